The summed E-state index contributed by atoms with van der Waals surface area (Å²) in [7, 11) is 0. The molecular weight excluding hydrogens is 294 g/mol. The number of hydrogen-bond acceptors (Lipinski definition) is 4. The Balaban J connectivity index is 1.53. The SMILES string of the molecule is O=C(Cc1ccc(=O)[nH]c1)Nc1ccc(OC2CCCC2)nc1. The molecule has 23 heavy (non-hydrogen) atoms. The first-order chi connectivity index (χ1) is 11.2. The Morgan fingerprint density at radius 3 is 2.74 bits per heavy atom. The molecular formula is C17H19N3O3. The average Bonchev–Trinajstić information content (AvgIpc) is 3.04. The van der Waals surface area contributed by atoms with Gasteiger partial charge in [-0.05, 0) is 37.3 Å². The van der Waals surface area contributed by atoms with Gasteiger partial charge in [0.05, 0.1) is 18.3 Å². The van der Waals surface area contributed by atoms with Gasteiger partial charge in [-0.25, -0.2) is 4.98 Å². The number of aromatic nitrogens is 2. The molecule has 1 amide bonds. The average molecular weight is 313 g/mol. The molecule has 2 aromatic heterocycles. The molecule has 0 unspecified atom stereocenters. The minimum absolute atomic E-state index is 0.164. The van der Waals surface area contributed by atoms with Crippen molar-refractivity contribution in [3.63, 3.8) is 0 Å². The van der Waals surface area contributed by atoms with Crippen LogP contribution in [0.5, 0.6) is 5.88 Å². The van der Waals surface area contributed by atoms with Gasteiger partial charge in [0.15, 0.2) is 0 Å². The third kappa shape index (κ3) is 4.42. The van der Waals surface area contributed by atoms with Crippen LogP contribution in [0.1, 0.15) is 31.2 Å². The van der Waals surface area contributed by atoms with Gasteiger partial charge in [0, 0.05) is 18.3 Å². The van der Waals surface area contributed by atoms with Crippen LogP contribution in [-0.2, 0) is 11.2 Å². The van der Waals surface area contributed by atoms with Crippen molar-refractivity contribution in [2.24, 2.45) is 0 Å². The van der Waals surface area contributed by atoms with Crippen molar-refractivity contribution >= 4 is 11.6 Å². The molecule has 0 aromatic carbocycles. The van der Waals surface area contributed by atoms with Crippen LogP contribution in [0.25, 0.3) is 0 Å². The minimum atomic E-state index is -0.184. The second kappa shape index (κ2) is 7.09. The zero-order chi connectivity index (χ0) is 16.1. The fraction of sp³-hybridized carbons (Fsp3) is 0.353. The van der Waals surface area contributed by atoms with Crippen LogP contribution in [-0.4, -0.2) is 22.0 Å². The molecule has 0 saturated heterocycles. The molecule has 0 spiro atoms. The summed E-state index contributed by atoms with van der Waals surface area (Å²) >= 11 is 0. The van der Waals surface area contributed by atoms with Crippen molar-refractivity contribution in [1.29, 1.82) is 0 Å². The Hall–Kier alpha value is -2.63. The van der Waals surface area contributed by atoms with Crippen LogP contribution < -0.4 is 15.6 Å². The van der Waals surface area contributed by atoms with E-state index in [1.807, 2.05) is 0 Å². The Kier molecular flexibility index (Phi) is 4.71. The molecule has 2 aromatic rings. The highest BCUT2D eigenvalue weighted by atomic mass is 16.5. The van der Waals surface area contributed by atoms with Gasteiger partial charge in [-0.15, -0.1) is 0 Å². The number of carbonyl (C=O) groups is 1. The third-order valence-electron chi connectivity index (χ3n) is 3.82. The van der Waals surface area contributed by atoms with Crippen LogP contribution in [0.3, 0.4) is 0 Å². The molecule has 0 radical (unpaired) electrons. The van der Waals surface area contributed by atoms with Crippen LogP contribution in [0.4, 0.5) is 5.69 Å². The molecule has 1 saturated carbocycles. The van der Waals surface area contributed by atoms with Crippen molar-refractivity contribution in [3.8, 4) is 5.88 Å². The first-order valence-corrected chi connectivity index (χ1v) is 7.79. The summed E-state index contributed by atoms with van der Waals surface area (Å²) in [5, 5.41) is 2.78. The summed E-state index contributed by atoms with van der Waals surface area (Å²) in [6.45, 7) is 0. The molecule has 3 rings (SSSR count). The van der Waals surface area contributed by atoms with E-state index >= 15 is 0 Å². The predicted molar refractivity (Wildman–Crippen MR) is 86.5 cm³/mol. The van der Waals surface area contributed by atoms with Crippen molar-refractivity contribution in [2.75, 3.05) is 5.32 Å². The lowest BCUT2D eigenvalue weighted by Gasteiger charge is -2.12. The summed E-state index contributed by atoms with van der Waals surface area (Å²) < 4.78 is 5.78. The smallest absolute Gasteiger partial charge is 0.247 e. The van der Waals surface area contributed by atoms with E-state index in [0.717, 1.165) is 18.4 Å². The van der Waals surface area contributed by atoms with Gasteiger partial charge in [-0.3, -0.25) is 9.59 Å². The Morgan fingerprint density at radius 2 is 2.09 bits per heavy atom. The van der Waals surface area contributed by atoms with E-state index in [0.29, 0.717) is 11.6 Å². The summed E-state index contributed by atoms with van der Waals surface area (Å²) in [5.41, 5.74) is 1.19. The summed E-state index contributed by atoms with van der Waals surface area (Å²) in [6, 6.07) is 6.59. The van der Waals surface area contributed by atoms with Gasteiger partial charge in [0.1, 0.15) is 6.10 Å². The van der Waals surface area contributed by atoms with Gasteiger partial charge in [-0.2, -0.15) is 0 Å². The van der Waals surface area contributed by atoms with Crippen LogP contribution in [0.15, 0.2) is 41.5 Å². The number of nitrogens with zero attached hydrogens (tertiary/aromatic N) is 1. The predicted octanol–water partition coefficient (Wildman–Crippen LogP) is 2.27. The number of aromatic amines is 1. The van der Waals surface area contributed by atoms with Crippen LogP contribution in [0.2, 0.25) is 0 Å². The molecule has 6 heteroatoms. The number of H-pyrrole nitrogens is 1. The van der Waals surface area contributed by atoms with Crippen molar-refractivity contribution in [2.45, 2.75) is 38.2 Å². The van der Waals surface area contributed by atoms with Gasteiger partial charge in [-0.1, -0.05) is 6.07 Å². The van der Waals surface area contributed by atoms with E-state index in [-0.39, 0.29) is 24.0 Å². The molecule has 2 N–H and O–H groups in total. The number of anilines is 1. The fourth-order valence-corrected chi connectivity index (χ4v) is 2.64. The van der Waals surface area contributed by atoms with Gasteiger partial charge < -0.3 is 15.0 Å². The molecule has 1 fully saturated rings. The number of nitrogens with one attached hydrogen (secondary N) is 2. The molecule has 2 heterocycles. The van der Waals surface area contributed by atoms with E-state index in [1.165, 1.54) is 18.9 Å². The van der Waals surface area contributed by atoms with Crippen molar-refractivity contribution in [1.82, 2.24) is 9.97 Å². The monoisotopic (exact) mass is 313 g/mol. The summed E-state index contributed by atoms with van der Waals surface area (Å²) in [4.78, 5) is 29.7. The van der Waals surface area contributed by atoms with E-state index in [1.54, 1.807) is 30.6 Å². The normalized spacial score (nSPS) is 14.6. The summed E-state index contributed by atoms with van der Waals surface area (Å²) in [5.74, 6) is 0.429. The first-order valence-electron chi connectivity index (χ1n) is 7.79. The lowest BCUT2D eigenvalue weighted by molar-refractivity contribution is -0.115. The quantitative estimate of drug-likeness (QED) is 0.887. The van der Waals surface area contributed by atoms with Crippen LogP contribution >= 0.6 is 0 Å². The zero-order valence-electron chi connectivity index (χ0n) is 12.7. The molecule has 1 aliphatic rings. The molecule has 0 atom stereocenters. The molecule has 0 aliphatic heterocycles. The maximum atomic E-state index is 12.0. The second-order valence-electron chi connectivity index (χ2n) is 5.70. The van der Waals surface area contributed by atoms with Crippen molar-refractivity contribution < 1.29 is 9.53 Å². The number of ether oxygens (including phenoxy) is 1. The maximum Gasteiger partial charge on any atom is 0.247 e. The molecule has 6 nitrogen and oxygen atoms in total. The molecule has 0 bridgehead atoms. The highest BCUT2D eigenvalue weighted by Crippen LogP contribution is 2.23. The van der Waals surface area contributed by atoms with E-state index in [2.05, 4.69) is 15.3 Å². The standard InChI is InChI=1S/C17H19N3O3/c21-15-7-5-12(10-18-15)9-16(22)20-13-6-8-17(19-11-13)23-14-3-1-2-4-14/h5-8,10-11,14H,1-4,9H2,(H,18,21)(H,20,22). The van der Waals surface area contributed by atoms with Gasteiger partial charge >= 0.3 is 0 Å². The highest BCUT2D eigenvalue weighted by molar-refractivity contribution is 5.92. The lowest BCUT2D eigenvalue weighted by Crippen LogP contribution is -2.16. The zero-order valence-corrected chi connectivity index (χ0v) is 12.7. The van der Waals surface area contributed by atoms with Gasteiger partial charge in [0.2, 0.25) is 17.3 Å². The lowest BCUT2D eigenvalue weighted by atomic mass is 10.2. The fourth-order valence-electron chi connectivity index (χ4n) is 2.64. The molecule has 1 aliphatic carbocycles. The number of rotatable bonds is 5. The Bertz CT molecular complexity index is 698. The minimum Gasteiger partial charge on any atom is -0.474 e. The van der Waals surface area contributed by atoms with Crippen LogP contribution in [0, 0.1) is 0 Å². The summed E-state index contributed by atoms with van der Waals surface area (Å²) in [6.07, 6.45) is 8.18. The number of carbonyl (C=O) groups excluding carboxylic acids is 1. The van der Waals surface area contributed by atoms with E-state index in [9.17, 15) is 9.59 Å². The number of hydrogen-bond donors (Lipinski definition) is 2. The second-order valence-corrected chi connectivity index (χ2v) is 5.70. The van der Waals surface area contributed by atoms with Crippen molar-refractivity contribution in [3.05, 3.63) is 52.6 Å². The molecule has 120 valence electrons. The third-order valence-corrected chi connectivity index (χ3v) is 3.82. The largest absolute Gasteiger partial charge is 0.474 e. The first kappa shape index (κ1) is 15.3. The Morgan fingerprint density at radius 1 is 1.26 bits per heavy atom. The van der Waals surface area contributed by atoms with E-state index in [4.69, 9.17) is 4.74 Å². The maximum absolute atomic E-state index is 12.0. The highest BCUT2D eigenvalue weighted by Gasteiger charge is 2.16. The topological polar surface area (TPSA) is 84.1 Å². The van der Waals surface area contributed by atoms with Gasteiger partial charge in [0.25, 0.3) is 0 Å². The van der Waals surface area contributed by atoms with E-state index < -0.39 is 0 Å². The number of pyridine rings is 2. The number of amides is 1. The Labute approximate surface area is 133 Å².